The summed E-state index contributed by atoms with van der Waals surface area (Å²) in [6.07, 6.45) is 2.84. The lowest BCUT2D eigenvalue weighted by Crippen LogP contribution is -2.37. The number of aromatic nitrogens is 1. The van der Waals surface area contributed by atoms with Gasteiger partial charge >= 0.3 is 0 Å². The van der Waals surface area contributed by atoms with E-state index in [0.29, 0.717) is 5.75 Å². The van der Waals surface area contributed by atoms with Gasteiger partial charge in [-0.3, -0.25) is 14.5 Å². The summed E-state index contributed by atoms with van der Waals surface area (Å²) >= 11 is 0. The van der Waals surface area contributed by atoms with Gasteiger partial charge in [0.1, 0.15) is 16.3 Å². The zero-order chi connectivity index (χ0) is 19.3. The second-order valence-corrected chi connectivity index (χ2v) is 7.83. The van der Waals surface area contributed by atoms with Crippen molar-refractivity contribution in [3.63, 3.8) is 0 Å². The Bertz CT molecular complexity index is 882. The van der Waals surface area contributed by atoms with E-state index in [9.17, 15) is 13.2 Å². The second-order valence-electron chi connectivity index (χ2n) is 6.18. The zero-order valence-corrected chi connectivity index (χ0v) is 16.0. The minimum absolute atomic E-state index is 0.0790. The summed E-state index contributed by atoms with van der Waals surface area (Å²) in [5.41, 5.74) is 0.274. The molecule has 1 aromatic heterocycles. The summed E-state index contributed by atoms with van der Waals surface area (Å²) in [4.78, 5) is 16.4. The van der Waals surface area contributed by atoms with Gasteiger partial charge in [0, 0.05) is 18.3 Å². The Labute approximate surface area is 153 Å². The highest BCUT2D eigenvalue weighted by atomic mass is 32.2. The van der Waals surface area contributed by atoms with Gasteiger partial charge in [0.05, 0.1) is 18.9 Å². The molecule has 1 heterocycles. The van der Waals surface area contributed by atoms with E-state index < -0.39 is 15.9 Å². The number of carbonyl (C=O) groups excluding carboxylic acids is 1. The smallest absolute Gasteiger partial charge is 0.262 e. The Morgan fingerprint density at radius 1 is 1.15 bits per heavy atom. The SMILES string of the molecule is COc1ccncc1NS(=O)(=O)c1ccccc1C(=O)N[C@H](C)C(C)C. The summed E-state index contributed by atoms with van der Waals surface area (Å²) in [5, 5.41) is 2.83. The summed E-state index contributed by atoms with van der Waals surface area (Å²) in [6.45, 7) is 5.83. The van der Waals surface area contributed by atoms with Crippen LogP contribution in [0.2, 0.25) is 0 Å². The van der Waals surface area contributed by atoms with Crippen molar-refractivity contribution in [3.8, 4) is 5.75 Å². The molecule has 8 heteroatoms. The highest BCUT2D eigenvalue weighted by Gasteiger charge is 2.24. The van der Waals surface area contributed by atoms with E-state index >= 15 is 0 Å². The first kappa shape index (κ1) is 19.7. The zero-order valence-electron chi connectivity index (χ0n) is 15.2. The highest BCUT2D eigenvalue weighted by Crippen LogP contribution is 2.26. The molecule has 7 nitrogen and oxygen atoms in total. The lowest BCUT2D eigenvalue weighted by atomic mass is 10.1. The van der Waals surface area contributed by atoms with Crippen molar-refractivity contribution >= 4 is 21.6 Å². The number of methoxy groups -OCH3 is 1. The number of anilines is 1. The van der Waals surface area contributed by atoms with Crippen LogP contribution in [0.3, 0.4) is 0 Å². The van der Waals surface area contributed by atoms with Gasteiger partial charge in [-0.2, -0.15) is 0 Å². The van der Waals surface area contributed by atoms with Crippen molar-refractivity contribution in [2.24, 2.45) is 5.92 Å². The topological polar surface area (TPSA) is 97.4 Å². The second kappa shape index (κ2) is 8.18. The van der Waals surface area contributed by atoms with Gasteiger partial charge in [0.25, 0.3) is 15.9 Å². The van der Waals surface area contributed by atoms with Crippen LogP contribution in [0.25, 0.3) is 0 Å². The molecule has 1 atom stereocenters. The molecular weight excluding hydrogens is 354 g/mol. The molecule has 1 aromatic carbocycles. The molecule has 0 aliphatic rings. The third kappa shape index (κ3) is 4.51. The summed E-state index contributed by atoms with van der Waals surface area (Å²) in [6, 6.07) is 7.51. The lowest BCUT2D eigenvalue weighted by Gasteiger charge is -2.19. The molecule has 2 N–H and O–H groups in total. The molecule has 0 saturated heterocycles. The van der Waals surface area contributed by atoms with Crippen LogP contribution >= 0.6 is 0 Å². The van der Waals surface area contributed by atoms with Crippen molar-refractivity contribution in [2.75, 3.05) is 11.8 Å². The molecule has 2 rings (SSSR count). The number of benzene rings is 1. The van der Waals surface area contributed by atoms with Crippen molar-refractivity contribution in [1.29, 1.82) is 0 Å². The fraction of sp³-hybridized carbons (Fsp3) is 0.333. The molecule has 26 heavy (non-hydrogen) atoms. The van der Waals surface area contributed by atoms with Gasteiger partial charge < -0.3 is 10.1 Å². The quantitative estimate of drug-likeness (QED) is 0.773. The minimum Gasteiger partial charge on any atom is -0.494 e. The van der Waals surface area contributed by atoms with Crippen LogP contribution in [0.1, 0.15) is 31.1 Å². The average Bonchev–Trinajstić information content (AvgIpc) is 2.61. The van der Waals surface area contributed by atoms with Gasteiger partial charge in [-0.1, -0.05) is 26.0 Å². The fourth-order valence-electron chi connectivity index (χ4n) is 2.18. The van der Waals surface area contributed by atoms with Crippen LogP contribution in [0.4, 0.5) is 5.69 Å². The van der Waals surface area contributed by atoms with E-state index in [1.54, 1.807) is 18.2 Å². The number of pyridine rings is 1. The number of carbonyl (C=O) groups is 1. The van der Waals surface area contributed by atoms with Crippen LogP contribution in [-0.4, -0.2) is 32.5 Å². The summed E-state index contributed by atoms with van der Waals surface area (Å²) < 4.78 is 33.2. The number of hydrogen-bond acceptors (Lipinski definition) is 5. The number of rotatable bonds is 7. The first-order valence-corrected chi connectivity index (χ1v) is 9.65. The number of ether oxygens (including phenoxy) is 1. The normalized spacial score (nSPS) is 12.5. The molecular formula is C18H23N3O4S. The van der Waals surface area contributed by atoms with E-state index in [-0.39, 0.29) is 28.1 Å². The lowest BCUT2D eigenvalue weighted by molar-refractivity contribution is 0.0927. The van der Waals surface area contributed by atoms with E-state index in [2.05, 4.69) is 15.0 Å². The predicted molar refractivity (Wildman–Crippen MR) is 99.8 cm³/mol. The molecule has 0 fully saturated rings. The molecule has 140 valence electrons. The van der Waals surface area contributed by atoms with Crippen molar-refractivity contribution in [1.82, 2.24) is 10.3 Å². The van der Waals surface area contributed by atoms with E-state index in [1.807, 2.05) is 20.8 Å². The van der Waals surface area contributed by atoms with Crippen molar-refractivity contribution < 1.29 is 17.9 Å². The Morgan fingerprint density at radius 3 is 2.50 bits per heavy atom. The van der Waals surface area contributed by atoms with Gasteiger partial charge in [0.2, 0.25) is 0 Å². The van der Waals surface area contributed by atoms with Crippen molar-refractivity contribution in [3.05, 3.63) is 48.3 Å². The maximum atomic E-state index is 12.8. The third-order valence-corrected chi connectivity index (χ3v) is 5.45. The van der Waals surface area contributed by atoms with Crippen molar-refractivity contribution in [2.45, 2.75) is 31.7 Å². The number of sulfonamides is 1. The number of nitrogens with one attached hydrogen (secondary N) is 2. The molecule has 2 aromatic rings. The van der Waals surface area contributed by atoms with E-state index in [4.69, 9.17) is 4.74 Å². The molecule has 0 bridgehead atoms. The maximum absolute atomic E-state index is 12.8. The highest BCUT2D eigenvalue weighted by molar-refractivity contribution is 7.92. The molecule has 0 aliphatic carbocycles. The molecule has 0 radical (unpaired) electrons. The van der Waals surface area contributed by atoms with Gasteiger partial charge in [-0.05, 0) is 25.0 Å². The Hall–Kier alpha value is -2.61. The van der Waals surface area contributed by atoms with Crippen LogP contribution in [0.5, 0.6) is 5.75 Å². The third-order valence-electron chi connectivity index (χ3n) is 4.03. The van der Waals surface area contributed by atoms with Crippen LogP contribution in [-0.2, 0) is 10.0 Å². The molecule has 0 aliphatic heterocycles. The van der Waals surface area contributed by atoms with E-state index in [1.165, 1.54) is 31.6 Å². The predicted octanol–water partition coefficient (Wildman–Crippen LogP) is 2.67. The standard InChI is InChI=1S/C18H23N3O4S/c1-12(2)13(3)20-18(22)14-7-5-6-8-17(14)26(23,24)21-15-11-19-10-9-16(15)25-4/h5-13,21H,1-4H3,(H,20,22)/t13-/m1/s1. The van der Waals surface area contributed by atoms with Crippen LogP contribution in [0.15, 0.2) is 47.6 Å². The van der Waals surface area contributed by atoms with Gasteiger partial charge in [-0.15, -0.1) is 0 Å². The maximum Gasteiger partial charge on any atom is 0.262 e. The summed E-state index contributed by atoms with van der Waals surface area (Å²) in [5.74, 6) is 0.116. The monoisotopic (exact) mass is 377 g/mol. The average molecular weight is 377 g/mol. The first-order valence-electron chi connectivity index (χ1n) is 8.17. The molecule has 1 amide bonds. The Balaban J connectivity index is 2.37. The van der Waals surface area contributed by atoms with Crippen LogP contribution < -0.4 is 14.8 Å². The fourth-order valence-corrected chi connectivity index (χ4v) is 3.44. The molecule has 0 spiro atoms. The first-order chi connectivity index (χ1) is 12.3. The van der Waals surface area contributed by atoms with Gasteiger partial charge in [-0.25, -0.2) is 8.42 Å². The Kier molecular flexibility index (Phi) is 6.20. The van der Waals surface area contributed by atoms with Gasteiger partial charge in [0.15, 0.2) is 0 Å². The molecule has 0 saturated carbocycles. The largest absolute Gasteiger partial charge is 0.494 e. The number of amides is 1. The molecule has 0 unspecified atom stereocenters. The van der Waals surface area contributed by atoms with Crippen LogP contribution in [0, 0.1) is 5.92 Å². The van der Waals surface area contributed by atoms with E-state index in [0.717, 1.165) is 0 Å². The number of nitrogens with zero attached hydrogens (tertiary/aromatic N) is 1. The minimum atomic E-state index is -4.01. The number of hydrogen-bond donors (Lipinski definition) is 2. The summed E-state index contributed by atoms with van der Waals surface area (Å²) in [7, 11) is -2.58. The Morgan fingerprint density at radius 2 is 1.85 bits per heavy atom.